The number of carbonyl (C=O) groups is 1. The van der Waals surface area contributed by atoms with E-state index in [1.807, 2.05) is 13.0 Å². The van der Waals surface area contributed by atoms with Crippen LogP contribution in [0, 0.1) is 12.8 Å². The molecule has 0 radical (unpaired) electrons. The van der Waals surface area contributed by atoms with E-state index in [4.69, 9.17) is 4.74 Å². The van der Waals surface area contributed by atoms with Crippen LogP contribution in [0.3, 0.4) is 0 Å². The Bertz CT molecular complexity index is 685. The first-order valence-electron chi connectivity index (χ1n) is 7.64. The van der Waals surface area contributed by atoms with Gasteiger partial charge in [-0.15, -0.1) is 0 Å². The van der Waals surface area contributed by atoms with E-state index >= 15 is 0 Å². The van der Waals surface area contributed by atoms with E-state index in [0.717, 1.165) is 5.56 Å². The van der Waals surface area contributed by atoms with Gasteiger partial charge in [0.1, 0.15) is 5.75 Å². The van der Waals surface area contributed by atoms with Crippen molar-refractivity contribution in [3.63, 3.8) is 0 Å². The molecule has 0 unspecified atom stereocenters. The molecule has 1 atom stereocenters. The highest BCUT2D eigenvalue weighted by molar-refractivity contribution is 7.86. The normalized spacial score (nSPS) is 19.8. The second kappa shape index (κ2) is 6.98. The van der Waals surface area contributed by atoms with Gasteiger partial charge in [-0.25, -0.2) is 0 Å². The number of ether oxygens (including phenoxy) is 1. The number of carbonyl (C=O) groups excluding carboxylic acids is 1. The van der Waals surface area contributed by atoms with Gasteiger partial charge in [-0.2, -0.15) is 17.0 Å². The molecule has 1 heterocycles. The van der Waals surface area contributed by atoms with Crippen LogP contribution in [0.2, 0.25) is 0 Å². The second-order valence-electron chi connectivity index (χ2n) is 6.03. The number of benzene rings is 1. The zero-order chi connectivity index (χ0) is 17.2. The third kappa shape index (κ3) is 3.73. The molecule has 1 aliphatic heterocycles. The second-order valence-corrected chi connectivity index (χ2v) is 8.17. The SMILES string of the molecule is COc1ccc(C(=O)[C@@H]2CCCN(S(=O)(=O)N(C)C)C2)c(C)c1. The summed E-state index contributed by atoms with van der Waals surface area (Å²) in [5, 5.41) is 0. The van der Waals surface area contributed by atoms with Gasteiger partial charge in [0.2, 0.25) is 0 Å². The number of hydrogen-bond acceptors (Lipinski definition) is 4. The van der Waals surface area contributed by atoms with E-state index < -0.39 is 10.2 Å². The minimum atomic E-state index is -3.47. The van der Waals surface area contributed by atoms with Crippen LogP contribution in [0.4, 0.5) is 0 Å². The maximum atomic E-state index is 12.8. The summed E-state index contributed by atoms with van der Waals surface area (Å²) in [5.41, 5.74) is 1.49. The van der Waals surface area contributed by atoms with E-state index in [2.05, 4.69) is 0 Å². The molecule has 0 aliphatic carbocycles. The van der Waals surface area contributed by atoms with Gasteiger partial charge in [0.05, 0.1) is 7.11 Å². The lowest BCUT2D eigenvalue weighted by atomic mass is 9.89. The third-order valence-corrected chi connectivity index (χ3v) is 6.15. The molecule has 0 bridgehead atoms. The first kappa shape index (κ1) is 17.9. The smallest absolute Gasteiger partial charge is 0.281 e. The number of nitrogens with zero attached hydrogens (tertiary/aromatic N) is 2. The Labute approximate surface area is 138 Å². The summed E-state index contributed by atoms with van der Waals surface area (Å²) in [4.78, 5) is 12.8. The summed E-state index contributed by atoms with van der Waals surface area (Å²) in [7, 11) is 1.13. The molecule has 0 N–H and O–H groups in total. The maximum Gasteiger partial charge on any atom is 0.281 e. The molecule has 128 valence electrons. The van der Waals surface area contributed by atoms with Crippen molar-refractivity contribution < 1.29 is 17.9 Å². The Morgan fingerprint density at radius 1 is 1.35 bits per heavy atom. The van der Waals surface area contributed by atoms with Crippen molar-refractivity contribution in [2.45, 2.75) is 19.8 Å². The Balaban J connectivity index is 2.20. The zero-order valence-electron chi connectivity index (χ0n) is 14.1. The van der Waals surface area contributed by atoms with Crippen LogP contribution in [0.15, 0.2) is 18.2 Å². The molecule has 2 rings (SSSR count). The Morgan fingerprint density at radius 3 is 2.61 bits per heavy atom. The zero-order valence-corrected chi connectivity index (χ0v) is 14.9. The Hall–Kier alpha value is -1.44. The van der Waals surface area contributed by atoms with Gasteiger partial charge in [-0.05, 0) is 43.5 Å². The topological polar surface area (TPSA) is 66.9 Å². The van der Waals surface area contributed by atoms with Crippen LogP contribution in [-0.2, 0) is 10.2 Å². The molecule has 0 spiro atoms. The fourth-order valence-corrected chi connectivity index (χ4v) is 4.05. The fraction of sp³-hybridized carbons (Fsp3) is 0.562. The molecular weight excluding hydrogens is 316 g/mol. The van der Waals surface area contributed by atoms with Crippen LogP contribution in [0.5, 0.6) is 5.75 Å². The lowest BCUT2D eigenvalue weighted by Gasteiger charge is -2.33. The molecule has 1 aromatic carbocycles. The van der Waals surface area contributed by atoms with Gasteiger partial charge in [-0.1, -0.05) is 0 Å². The molecule has 1 saturated heterocycles. The van der Waals surface area contributed by atoms with E-state index in [9.17, 15) is 13.2 Å². The lowest BCUT2D eigenvalue weighted by Crippen LogP contribution is -2.47. The van der Waals surface area contributed by atoms with Crippen LogP contribution in [0.1, 0.15) is 28.8 Å². The monoisotopic (exact) mass is 340 g/mol. The number of piperidine rings is 1. The largest absolute Gasteiger partial charge is 0.497 e. The number of rotatable bonds is 5. The highest BCUT2D eigenvalue weighted by Gasteiger charge is 2.34. The molecule has 0 amide bonds. The highest BCUT2D eigenvalue weighted by Crippen LogP contribution is 2.26. The molecule has 23 heavy (non-hydrogen) atoms. The number of aryl methyl sites for hydroxylation is 1. The van der Waals surface area contributed by atoms with E-state index in [0.29, 0.717) is 30.7 Å². The van der Waals surface area contributed by atoms with Crippen molar-refractivity contribution in [2.24, 2.45) is 5.92 Å². The van der Waals surface area contributed by atoms with E-state index in [-0.39, 0.29) is 18.2 Å². The Kier molecular flexibility index (Phi) is 5.44. The summed E-state index contributed by atoms with van der Waals surface area (Å²) >= 11 is 0. The molecule has 7 heteroatoms. The number of Topliss-reactive ketones (excluding diaryl/α,β-unsaturated/α-hetero) is 1. The highest BCUT2D eigenvalue weighted by atomic mass is 32.2. The molecule has 6 nitrogen and oxygen atoms in total. The number of methoxy groups -OCH3 is 1. The molecule has 1 aliphatic rings. The maximum absolute atomic E-state index is 12.8. The minimum Gasteiger partial charge on any atom is -0.497 e. The number of hydrogen-bond donors (Lipinski definition) is 0. The standard InChI is InChI=1S/C16H24N2O4S/c1-12-10-14(22-4)7-8-15(12)16(19)13-6-5-9-18(11-13)23(20,21)17(2)3/h7-8,10,13H,5-6,9,11H2,1-4H3/t13-/m1/s1. The molecule has 0 saturated carbocycles. The van der Waals surface area contributed by atoms with Crippen molar-refractivity contribution in [3.8, 4) is 5.75 Å². The van der Waals surface area contributed by atoms with Crippen molar-refractivity contribution in [3.05, 3.63) is 29.3 Å². The molecule has 0 aromatic heterocycles. The summed E-state index contributed by atoms with van der Waals surface area (Å²) in [5.74, 6) is 0.411. The van der Waals surface area contributed by atoms with Gasteiger partial charge < -0.3 is 4.74 Å². The predicted octanol–water partition coefficient (Wildman–Crippen LogP) is 1.70. The molecular formula is C16H24N2O4S. The van der Waals surface area contributed by atoms with Gasteiger partial charge in [0, 0.05) is 38.7 Å². The van der Waals surface area contributed by atoms with Crippen LogP contribution in [0.25, 0.3) is 0 Å². The quantitative estimate of drug-likeness (QED) is 0.765. The summed E-state index contributed by atoms with van der Waals surface area (Å²) in [6, 6.07) is 5.34. The van der Waals surface area contributed by atoms with Crippen LogP contribution in [-0.4, -0.2) is 57.1 Å². The van der Waals surface area contributed by atoms with Gasteiger partial charge >= 0.3 is 0 Å². The summed E-state index contributed by atoms with van der Waals surface area (Å²) in [6.07, 6.45) is 1.41. The van der Waals surface area contributed by atoms with Gasteiger partial charge in [0.25, 0.3) is 10.2 Å². The Morgan fingerprint density at radius 2 is 2.04 bits per heavy atom. The average Bonchev–Trinajstić information content (AvgIpc) is 2.54. The van der Waals surface area contributed by atoms with Crippen LogP contribution >= 0.6 is 0 Å². The van der Waals surface area contributed by atoms with Gasteiger partial charge in [-0.3, -0.25) is 4.79 Å². The first-order chi connectivity index (χ1) is 10.8. The first-order valence-corrected chi connectivity index (χ1v) is 9.03. The van der Waals surface area contributed by atoms with Crippen molar-refractivity contribution in [1.29, 1.82) is 0 Å². The summed E-state index contributed by atoms with van der Waals surface area (Å²) in [6.45, 7) is 2.57. The van der Waals surface area contributed by atoms with Crippen molar-refractivity contribution >= 4 is 16.0 Å². The minimum absolute atomic E-state index is 0.00353. The molecule has 1 aromatic rings. The van der Waals surface area contributed by atoms with Crippen LogP contribution < -0.4 is 4.74 Å². The van der Waals surface area contributed by atoms with Crippen molar-refractivity contribution in [1.82, 2.24) is 8.61 Å². The summed E-state index contributed by atoms with van der Waals surface area (Å²) < 4.78 is 32.3. The third-order valence-electron chi connectivity index (χ3n) is 4.24. The average molecular weight is 340 g/mol. The van der Waals surface area contributed by atoms with Crippen molar-refractivity contribution in [2.75, 3.05) is 34.3 Å². The fourth-order valence-electron chi connectivity index (χ4n) is 2.86. The number of ketones is 1. The van der Waals surface area contributed by atoms with Gasteiger partial charge in [0.15, 0.2) is 5.78 Å². The molecule has 1 fully saturated rings. The van der Waals surface area contributed by atoms with E-state index in [1.165, 1.54) is 22.7 Å². The van der Waals surface area contributed by atoms with E-state index in [1.54, 1.807) is 19.2 Å². The predicted molar refractivity (Wildman–Crippen MR) is 89.0 cm³/mol. The lowest BCUT2D eigenvalue weighted by molar-refractivity contribution is 0.0869.